The van der Waals surface area contributed by atoms with Gasteiger partial charge in [0, 0.05) is 24.1 Å². The number of aryl methyl sites for hydroxylation is 2. The lowest BCUT2D eigenvalue weighted by Gasteiger charge is -2.13. The molecule has 0 radical (unpaired) electrons. The number of rotatable bonds is 3. The molecule has 2 aliphatic rings. The van der Waals surface area contributed by atoms with Gasteiger partial charge in [-0.05, 0) is 48.9 Å². The fourth-order valence-electron chi connectivity index (χ4n) is 2.98. The zero-order chi connectivity index (χ0) is 13.2. The molecular weight excluding hydrogens is 238 g/mol. The summed E-state index contributed by atoms with van der Waals surface area (Å²) in [7, 11) is 0. The third kappa shape index (κ3) is 2.56. The van der Waals surface area contributed by atoms with Crippen LogP contribution in [0.1, 0.15) is 34.3 Å². The molecule has 0 aromatic heterocycles. The van der Waals surface area contributed by atoms with Crippen molar-refractivity contribution in [2.75, 3.05) is 6.61 Å². The van der Waals surface area contributed by atoms with Gasteiger partial charge in [-0.1, -0.05) is 18.2 Å². The number of carbonyl (C=O) groups excluding carboxylic acids is 1. The average Bonchev–Trinajstić information content (AvgIpc) is 3.05. The number of benzene rings is 1. The number of hydrogen-bond donors (Lipinski definition) is 2. The first kappa shape index (κ1) is 12.4. The maximum Gasteiger partial charge on any atom is 0.251 e. The number of amides is 1. The van der Waals surface area contributed by atoms with E-state index in [0.29, 0.717) is 0 Å². The molecule has 1 aromatic carbocycles. The van der Waals surface area contributed by atoms with Crippen LogP contribution >= 0.6 is 0 Å². The van der Waals surface area contributed by atoms with Gasteiger partial charge in [0.25, 0.3) is 5.91 Å². The fraction of sp³-hybridized carbons (Fsp3) is 0.438. The third-order valence-corrected chi connectivity index (χ3v) is 4.08. The molecule has 3 heteroatoms. The minimum atomic E-state index is -0.0112. The van der Waals surface area contributed by atoms with E-state index in [1.165, 1.54) is 17.5 Å². The Morgan fingerprint density at radius 1 is 1.26 bits per heavy atom. The van der Waals surface area contributed by atoms with Crippen molar-refractivity contribution in [1.29, 1.82) is 0 Å². The number of nitrogens with one attached hydrogen (secondary N) is 1. The van der Waals surface area contributed by atoms with E-state index >= 15 is 0 Å². The van der Waals surface area contributed by atoms with Crippen molar-refractivity contribution in [2.24, 2.45) is 5.92 Å². The van der Waals surface area contributed by atoms with Crippen LogP contribution in [0.4, 0.5) is 0 Å². The van der Waals surface area contributed by atoms with Crippen LogP contribution in [-0.4, -0.2) is 23.7 Å². The SMILES string of the molecule is O=C(N[C@@H]1C=C[C@H](CO)C1)c1ccc2c(c1)CCC2. The minimum absolute atomic E-state index is 0.0112. The van der Waals surface area contributed by atoms with E-state index in [2.05, 4.69) is 11.4 Å². The van der Waals surface area contributed by atoms with Crippen molar-refractivity contribution < 1.29 is 9.90 Å². The predicted octanol–water partition coefficient (Wildman–Crippen LogP) is 1.84. The highest BCUT2D eigenvalue weighted by molar-refractivity contribution is 5.94. The molecule has 0 heterocycles. The monoisotopic (exact) mass is 257 g/mol. The van der Waals surface area contributed by atoms with E-state index in [1.54, 1.807) is 0 Å². The average molecular weight is 257 g/mol. The van der Waals surface area contributed by atoms with Gasteiger partial charge >= 0.3 is 0 Å². The van der Waals surface area contributed by atoms with Crippen molar-refractivity contribution in [3.63, 3.8) is 0 Å². The normalized spacial score (nSPS) is 24.5. The summed E-state index contributed by atoms with van der Waals surface area (Å²) in [5.74, 6) is 0.174. The lowest BCUT2D eigenvalue weighted by molar-refractivity contribution is 0.0941. The topological polar surface area (TPSA) is 49.3 Å². The quantitative estimate of drug-likeness (QED) is 0.812. The van der Waals surface area contributed by atoms with Gasteiger partial charge in [0.15, 0.2) is 0 Å². The molecule has 0 spiro atoms. The first-order valence-electron chi connectivity index (χ1n) is 6.98. The molecule has 2 N–H and O–H groups in total. The largest absolute Gasteiger partial charge is 0.396 e. The maximum absolute atomic E-state index is 12.2. The molecule has 0 unspecified atom stereocenters. The van der Waals surface area contributed by atoms with Crippen molar-refractivity contribution >= 4 is 5.91 Å². The lowest BCUT2D eigenvalue weighted by atomic mass is 10.1. The van der Waals surface area contributed by atoms with Crippen molar-refractivity contribution in [1.82, 2.24) is 5.32 Å². The van der Waals surface area contributed by atoms with Crippen LogP contribution in [0.15, 0.2) is 30.4 Å². The minimum Gasteiger partial charge on any atom is -0.396 e. The van der Waals surface area contributed by atoms with E-state index < -0.39 is 0 Å². The first-order valence-corrected chi connectivity index (χ1v) is 6.98. The summed E-state index contributed by atoms with van der Waals surface area (Å²) < 4.78 is 0. The molecular formula is C16H19NO2. The van der Waals surface area contributed by atoms with Gasteiger partial charge in [0.2, 0.25) is 0 Å². The summed E-state index contributed by atoms with van der Waals surface area (Å²) >= 11 is 0. The highest BCUT2D eigenvalue weighted by atomic mass is 16.3. The Hall–Kier alpha value is -1.61. The Kier molecular flexibility index (Phi) is 3.38. The van der Waals surface area contributed by atoms with Gasteiger partial charge in [-0.25, -0.2) is 0 Å². The Bertz CT molecular complexity index is 521. The molecule has 0 saturated heterocycles. The molecule has 0 aliphatic heterocycles. The number of aliphatic hydroxyl groups is 1. The summed E-state index contributed by atoms with van der Waals surface area (Å²) in [5.41, 5.74) is 3.46. The van der Waals surface area contributed by atoms with Crippen molar-refractivity contribution in [3.8, 4) is 0 Å². The van der Waals surface area contributed by atoms with Crippen LogP contribution in [-0.2, 0) is 12.8 Å². The summed E-state index contributed by atoms with van der Waals surface area (Å²) in [5, 5.41) is 12.1. The highest BCUT2D eigenvalue weighted by Crippen LogP contribution is 2.23. The second-order valence-corrected chi connectivity index (χ2v) is 5.48. The second kappa shape index (κ2) is 5.17. The van der Waals surface area contributed by atoms with E-state index in [-0.39, 0.29) is 24.5 Å². The van der Waals surface area contributed by atoms with Gasteiger partial charge in [-0.15, -0.1) is 0 Å². The van der Waals surface area contributed by atoms with Gasteiger partial charge < -0.3 is 10.4 Å². The smallest absolute Gasteiger partial charge is 0.251 e. The first-order chi connectivity index (χ1) is 9.26. The van der Waals surface area contributed by atoms with Gasteiger partial charge in [0.05, 0.1) is 0 Å². The van der Waals surface area contributed by atoms with Crippen LogP contribution in [0.2, 0.25) is 0 Å². The van der Waals surface area contributed by atoms with E-state index in [0.717, 1.165) is 24.8 Å². The van der Waals surface area contributed by atoms with Gasteiger partial charge in [0.1, 0.15) is 0 Å². The number of hydrogen-bond acceptors (Lipinski definition) is 2. The second-order valence-electron chi connectivity index (χ2n) is 5.48. The summed E-state index contributed by atoms with van der Waals surface area (Å²) in [6, 6.07) is 6.08. The molecule has 2 aliphatic carbocycles. The number of carbonyl (C=O) groups is 1. The molecule has 100 valence electrons. The molecule has 0 bridgehead atoms. The third-order valence-electron chi connectivity index (χ3n) is 4.08. The summed E-state index contributed by atoms with van der Waals surface area (Å²) in [4.78, 5) is 12.2. The van der Waals surface area contributed by atoms with Crippen LogP contribution < -0.4 is 5.32 Å². The maximum atomic E-state index is 12.2. The van der Waals surface area contributed by atoms with Crippen LogP contribution in [0.5, 0.6) is 0 Å². The molecule has 0 fully saturated rings. The Morgan fingerprint density at radius 2 is 2.11 bits per heavy atom. The molecule has 0 saturated carbocycles. The summed E-state index contributed by atoms with van der Waals surface area (Å²) in [6.07, 6.45) is 8.18. The lowest BCUT2D eigenvalue weighted by Crippen LogP contribution is -2.32. The zero-order valence-electron chi connectivity index (χ0n) is 10.9. The fourth-order valence-corrected chi connectivity index (χ4v) is 2.98. The molecule has 1 amide bonds. The molecule has 19 heavy (non-hydrogen) atoms. The number of fused-ring (bicyclic) bond motifs is 1. The Balaban J connectivity index is 1.66. The zero-order valence-corrected chi connectivity index (χ0v) is 10.9. The number of aliphatic hydroxyl groups excluding tert-OH is 1. The Morgan fingerprint density at radius 3 is 2.89 bits per heavy atom. The van der Waals surface area contributed by atoms with E-state index in [4.69, 9.17) is 5.11 Å². The van der Waals surface area contributed by atoms with Crippen molar-refractivity contribution in [2.45, 2.75) is 31.7 Å². The molecule has 3 nitrogen and oxygen atoms in total. The van der Waals surface area contributed by atoms with Crippen LogP contribution in [0.25, 0.3) is 0 Å². The van der Waals surface area contributed by atoms with E-state index in [1.807, 2.05) is 24.3 Å². The van der Waals surface area contributed by atoms with Crippen LogP contribution in [0, 0.1) is 5.92 Å². The van der Waals surface area contributed by atoms with Crippen molar-refractivity contribution in [3.05, 3.63) is 47.0 Å². The van der Waals surface area contributed by atoms with Gasteiger partial charge in [-0.3, -0.25) is 4.79 Å². The highest BCUT2D eigenvalue weighted by Gasteiger charge is 2.21. The predicted molar refractivity (Wildman–Crippen MR) is 74.1 cm³/mol. The standard InChI is InChI=1S/C16H19NO2/c18-10-11-4-7-15(8-11)17-16(19)14-6-5-12-2-1-3-13(12)9-14/h4-7,9,11,15,18H,1-3,8,10H2,(H,17,19)/t11-,15+/m0/s1. The molecule has 3 rings (SSSR count). The molecule has 1 aromatic rings. The Labute approximate surface area is 113 Å². The van der Waals surface area contributed by atoms with Crippen LogP contribution in [0.3, 0.4) is 0 Å². The van der Waals surface area contributed by atoms with E-state index in [9.17, 15) is 4.79 Å². The molecule has 2 atom stereocenters. The summed E-state index contributed by atoms with van der Waals surface area (Å²) in [6.45, 7) is 0.154. The van der Waals surface area contributed by atoms with Gasteiger partial charge in [-0.2, -0.15) is 0 Å².